The lowest BCUT2D eigenvalue weighted by molar-refractivity contribution is 0.691. The summed E-state index contributed by atoms with van der Waals surface area (Å²) >= 11 is 0. The zero-order valence-electron chi connectivity index (χ0n) is 7.16. The van der Waals surface area contributed by atoms with Crippen molar-refractivity contribution in [2.45, 2.75) is 24.8 Å². The number of nitrogens with two attached hydrogens (primary N) is 1. The van der Waals surface area contributed by atoms with Crippen LogP contribution in [0, 0.1) is 12.3 Å². The molecule has 0 saturated heterocycles. The van der Waals surface area contributed by atoms with Gasteiger partial charge < -0.3 is 5.73 Å². The minimum Gasteiger partial charge on any atom is -0.324 e. The first-order valence-corrected chi connectivity index (χ1v) is 4.14. The van der Waals surface area contributed by atoms with Crippen LogP contribution in [0.4, 0.5) is 0 Å². The van der Waals surface area contributed by atoms with Gasteiger partial charge in [0.15, 0.2) is 0 Å². The molecule has 0 amide bonds. The Balaban J connectivity index is 2.10. The first kappa shape index (κ1) is 9.02. The fourth-order valence-electron chi connectivity index (χ4n) is 0.811. The highest BCUT2D eigenvalue weighted by molar-refractivity contribution is 5.71. The molecule has 0 heterocycles. The summed E-state index contributed by atoms with van der Waals surface area (Å²) < 4.78 is 0. The minimum absolute atomic E-state index is 0.0243. The van der Waals surface area contributed by atoms with Crippen LogP contribution >= 0.6 is 0 Å². The second kappa shape index (κ2) is 4.08. The Kier molecular flexibility index (Phi) is 3.07. The molecule has 1 saturated carbocycles. The van der Waals surface area contributed by atoms with Gasteiger partial charge in [0.1, 0.15) is 0 Å². The van der Waals surface area contributed by atoms with E-state index in [1.54, 1.807) is 6.21 Å². The fourth-order valence-corrected chi connectivity index (χ4v) is 0.811. The molecule has 0 aliphatic heterocycles. The van der Waals surface area contributed by atoms with E-state index < -0.39 is 0 Å². The molecule has 2 nitrogen and oxygen atoms in total. The summed E-state index contributed by atoms with van der Waals surface area (Å²) in [5.41, 5.74) is 5.84. The SMILES string of the molecule is C#CC/C=C\C=NCC1(N)CC1. The van der Waals surface area contributed by atoms with Gasteiger partial charge in [-0.2, -0.15) is 0 Å². The smallest absolute Gasteiger partial charge is 0.0569 e. The Morgan fingerprint density at radius 2 is 2.33 bits per heavy atom. The van der Waals surface area contributed by atoms with E-state index in [-0.39, 0.29) is 5.54 Å². The van der Waals surface area contributed by atoms with Gasteiger partial charge in [-0.15, -0.1) is 12.3 Å². The van der Waals surface area contributed by atoms with Crippen LogP contribution in [0.3, 0.4) is 0 Å². The quantitative estimate of drug-likeness (QED) is 0.488. The lowest BCUT2D eigenvalue weighted by atomic mass is 10.3. The summed E-state index contributed by atoms with van der Waals surface area (Å²) in [6.07, 6.45) is 13.5. The average Bonchev–Trinajstić information content (AvgIpc) is 2.77. The molecule has 1 fully saturated rings. The predicted octanol–water partition coefficient (Wildman–Crippen LogP) is 1.13. The number of allylic oxidation sites excluding steroid dienone is 2. The molecule has 0 aromatic rings. The standard InChI is InChI=1S/C10H14N2/c1-2-3-4-5-8-12-9-10(11)6-7-10/h1,4-5,8H,3,6-7,9,11H2/b5-4-,12-8?. The molecular formula is C10H14N2. The van der Waals surface area contributed by atoms with Crippen LogP contribution in [0.25, 0.3) is 0 Å². The maximum Gasteiger partial charge on any atom is 0.0569 e. The number of aliphatic imine (C=N–C) groups is 1. The van der Waals surface area contributed by atoms with Crippen molar-refractivity contribution in [3.05, 3.63) is 12.2 Å². The van der Waals surface area contributed by atoms with Gasteiger partial charge in [0.25, 0.3) is 0 Å². The monoisotopic (exact) mass is 162 g/mol. The number of rotatable bonds is 4. The van der Waals surface area contributed by atoms with Crippen LogP contribution in [0.2, 0.25) is 0 Å². The molecule has 2 N–H and O–H groups in total. The average molecular weight is 162 g/mol. The lowest BCUT2D eigenvalue weighted by Gasteiger charge is -2.00. The number of hydrogen-bond acceptors (Lipinski definition) is 2. The van der Waals surface area contributed by atoms with Crippen LogP contribution < -0.4 is 5.73 Å². The third-order valence-electron chi connectivity index (χ3n) is 1.86. The Hall–Kier alpha value is -1.07. The maximum absolute atomic E-state index is 5.82. The molecule has 0 aromatic carbocycles. The van der Waals surface area contributed by atoms with Gasteiger partial charge in [-0.1, -0.05) is 6.08 Å². The summed E-state index contributed by atoms with van der Waals surface area (Å²) in [6, 6.07) is 0. The van der Waals surface area contributed by atoms with E-state index in [1.165, 1.54) is 0 Å². The Morgan fingerprint density at radius 3 is 2.92 bits per heavy atom. The third kappa shape index (κ3) is 3.36. The van der Waals surface area contributed by atoms with Gasteiger partial charge in [0, 0.05) is 18.2 Å². The Labute approximate surface area is 73.6 Å². The summed E-state index contributed by atoms with van der Waals surface area (Å²) in [5.74, 6) is 2.51. The predicted molar refractivity (Wildman–Crippen MR) is 52.1 cm³/mol. The van der Waals surface area contributed by atoms with E-state index >= 15 is 0 Å². The summed E-state index contributed by atoms with van der Waals surface area (Å²) in [5, 5.41) is 0. The number of nitrogens with zero attached hydrogens (tertiary/aromatic N) is 1. The number of terminal acetylenes is 1. The van der Waals surface area contributed by atoms with Gasteiger partial charge in [0.2, 0.25) is 0 Å². The molecule has 64 valence electrons. The molecule has 1 aliphatic rings. The maximum atomic E-state index is 5.82. The van der Waals surface area contributed by atoms with Gasteiger partial charge in [-0.05, 0) is 18.9 Å². The van der Waals surface area contributed by atoms with E-state index in [4.69, 9.17) is 12.2 Å². The highest BCUT2D eigenvalue weighted by Crippen LogP contribution is 2.31. The van der Waals surface area contributed by atoms with Crippen molar-refractivity contribution in [2.75, 3.05) is 6.54 Å². The van der Waals surface area contributed by atoms with Crippen molar-refractivity contribution in [1.82, 2.24) is 0 Å². The summed E-state index contributed by atoms with van der Waals surface area (Å²) in [6.45, 7) is 0.743. The molecule has 0 radical (unpaired) electrons. The van der Waals surface area contributed by atoms with Crippen molar-refractivity contribution in [3.63, 3.8) is 0 Å². The van der Waals surface area contributed by atoms with Gasteiger partial charge in [0.05, 0.1) is 6.54 Å². The van der Waals surface area contributed by atoms with Crippen molar-refractivity contribution in [2.24, 2.45) is 10.7 Å². The van der Waals surface area contributed by atoms with Crippen LogP contribution in [-0.2, 0) is 0 Å². The van der Waals surface area contributed by atoms with Crippen LogP contribution in [-0.4, -0.2) is 18.3 Å². The van der Waals surface area contributed by atoms with Crippen molar-refractivity contribution in [3.8, 4) is 12.3 Å². The zero-order valence-corrected chi connectivity index (χ0v) is 7.16. The summed E-state index contributed by atoms with van der Waals surface area (Å²) in [4.78, 5) is 4.17. The zero-order chi connectivity index (χ0) is 8.86. The molecule has 0 spiro atoms. The largest absolute Gasteiger partial charge is 0.324 e. The van der Waals surface area contributed by atoms with Crippen LogP contribution in [0.1, 0.15) is 19.3 Å². The highest BCUT2D eigenvalue weighted by Gasteiger charge is 2.37. The van der Waals surface area contributed by atoms with E-state index in [2.05, 4.69) is 10.9 Å². The van der Waals surface area contributed by atoms with Crippen molar-refractivity contribution < 1.29 is 0 Å². The van der Waals surface area contributed by atoms with E-state index in [0.29, 0.717) is 6.42 Å². The molecule has 0 aromatic heterocycles. The first-order chi connectivity index (χ1) is 5.77. The molecule has 1 aliphatic carbocycles. The first-order valence-electron chi connectivity index (χ1n) is 4.14. The third-order valence-corrected chi connectivity index (χ3v) is 1.86. The molecule has 1 rings (SSSR count). The lowest BCUT2D eigenvalue weighted by Crippen LogP contribution is -2.25. The van der Waals surface area contributed by atoms with Gasteiger partial charge in [-0.25, -0.2) is 0 Å². The van der Waals surface area contributed by atoms with Crippen molar-refractivity contribution >= 4 is 6.21 Å². The second-order valence-electron chi connectivity index (χ2n) is 3.19. The van der Waals surface area contributed by atoms with Crippen LogP contribution in [0.5, 0.6) is 0 Å². The topological polar surface area (TPSA) is 38.4 Å². The van der Waals surface area contributed by atoms with Crippen LogP contribution in [0.15, 0.2) is 17.1 Å². The molecule has 0 unspecified atom stereocenters. The van der Waals surface area contributed by atoms with E-state index in [0.717, 1.165) is 19.4 Å². The fraction of sp³-hybridized carbons (Fsp3) is 0.500. The highest BCUT2D eigenvalue weighted by atomic mass is 14.9. The van der Waals surface area contributed by atoms with E-state index in [1.807, 2.05) is 12.2 Å². The Morgan fingerprint density at radius 1 is 1.58 bits per heavy atom. The van der Waals surface area contributed by atoms with Gasteiger partial charge in [-0.3, -0.25) is 4.99 Å². The molecule has 2 heteroatoms. The normalized spacial score (nSPS) is 20.0. The van der Waals surface area contributed by atoms with Gasteiger partial charge >= 0.3 is 0 Å². The molecule has 12 heavy (non-hydrogen) atoms. The second-order valence-corrected chi connectivity index (χ2v) is 3.19. The minimum atomic E-state index is 0.0243. The van der Waals surface area contributed by atoms with Crippen molar-refractivity contribution in [1.29, 1.82) is 0 Å². The Bertz CT molecular complexity index is 229. The molecular weight excluding hydrogens is 148 g/mol. The number of hydrogen-bond donors (Lipinski definition) is 1. The molecule has 0 atom stereocenters. The molecule has 0 bridgehead atoms. The summed E-state index contributed by atoms with van der Waals surface area (Å²) in [7, 11) is 0. The van der Waals surface area contributed by atoms with E-state index in [9.17, 15) is 0 Å².